The Kier molecular flexibility index (Phi) is 10.6. The van der Waals surface area contributed by atoms with Gasteiger partial charge in [-0.1, -0.05) is 91.0 Å². The molecule has 1 amide bonds. The molecule has 8 heteroatoms. The lowest BCUT2D eigenvalue weighted by molar-refractivity contribution is -0.283. The smallest absolute Gasteiger partial charge is 0.305 e. The maximum absolute atomic E-state index is 12.2. The van der Waals surface area contributed by atoms with Gasteiger partial charge in [0.2, 0.25) is 12.2 Å². The van der Waals surface area contributed by atoms with Crippen LogP contribution in [-0.2, 0) is 53.1 Å². The molecule has 3 aromatic carbocycles. The molecule has 1 aliphatic rings. The number of amides is 1. The van der Waals surface area contributed by atoms with E-state index < -0.39 is 36.6 Å². The zero-order valence-electron chi connectivity index (χ0n) is 22.2. The highest BCUT2D eigenvalue weighted by Gasteiger charge is 2.49. The fourth-order valence-electron chi connectivity index (χ4n) is 4.49. The summed E-state index contributed by atoms with van der Waals surface area (Å²) in [6, 6.07) is 28.5. The van der Waals surface area contributed by atoms with Gasteiger partial charge in [-0.25, -0.2) is 0 Å². The van der Waals surface area contributed by atoms with Gasteiger partial charge in [0.1, 0.15) is 24.4 Å². The summed E-state index contributed by atoms with van der Waals surface area (Å²) in [5.41, 5.74) is 2.94. The summed E-state index contributed by atoms with van der Waals surface area (Å²) in [5, 5.41) is 2.87. The summed E-state index contributed by atoms with van der Waals surface area (Å²) >= 11 is 0. The monoisotopic (exact) mass is 533 g/mol. The number of rotatable bonds is 12. The van der Waals surface area contributed by atoms with Crippen LogP contribution in [-0.4, -0.2) is 49.1 Å². The number of ether oxygens (including phenoxy) is 5. The summed E-state index contributed by atoms with van der Waals surface area (Å²) in [4.78, 5) is 24.2. The van der Waals surface area contributed by atoms with Crippen LogP contribution in [0.1, 0.15) is 30.5 Å². The van der Waals surface area contributed by atoms with Crippen LogP contribution in [0.15, 0.2) is 91.0 Å². The topological polar surface area (TPSA) is 92.3 Å². The number of hydrogen-bond acceptors (Lipinski definition) is 7. The first kappa shape index (κ1) is 28.4. The first-order chi connectivity index (χ1) is 19.0. The first-order valence-corrected chi connectivity index (χ1v) is 13.0. The van der Waals surface area contributed by atoms with E-state index in [1.54, 1.807) is 0 Å². The van der Waals surface area contributed by atoms with Gasteiger partial charge < -0.3 is 29.0 Å². The highest BCUT2D eigenvalue weighted by Crippen LogP contribution is 2.29. The molecule has 8 nitrogen and oxygen atoms in total. The Balaban J connectivity index is 1.60. The highest BCUT2D eigenvalue weighted by atomic mass is 16.7. The van der Waals surface area contributed by atoms with E-state index in [1.165, 1.54) is 13.8 Å². The third kappa shape index (κ3) is 8.73. The quantitative estimate of drug-likeness (QED) is 0.350. The van der Waals surface area contributed by atoms with Crippen LogP contribution in [0.4, 0.5) is 0 Å². The second-order valence-electron chi connectivity index (χ2n) is 9.40. The normalized spacial score (nSPS) is 22.7. The van der Waals surface area contributed by atoms with Gasteiger partial charge in [-0.05, 0) is 16.7 Å². The van der Waals surface area contributed by atoms with Crippen molar-refractivity contribution >= 4 is 11.9 Å². The van der Waals surface area contributed by atoms with Gasteiger partial charge in [0.05, 0.1) is 26.4 Å². The largest absolute Gasteiger partial charge is 0.434 e. The summed E-state index contributed by atoms with van der Waals surface area (Å²) in [6.07, 6.45) is -3.09. The van der Waals surface area contributed by atoms with Gasteiger partial charge in [0.25, 0.3) is 0 Å². The molecule has 1 aliphatic heterocycles. The van der Waals surface area contributed by atoms with Crippen LogP contribution in [0.3, 0.4) is 0 Å². The van der Waals surface area contributed by atoms with Crippen molar-refractivity contribution in [2.24, 2.45) is 0 Å². The molecule has 4 rings (SSSR count). The molecule has 3 aromatic rings. The molecule has 1 N–H and O–H groups in total. The number of carbonyl (C=O) groups excluding carboxylic acids is 2. The Morgan fingerprint density at radius 3 is 1.69 bits per heavy atom. The zero-order chi connectivity index (χ0) is 27.5. The Bertz CT molecular complexity index is 1160. The van der Waals surface area contributed by atoms with E-state index in [1.807, 2.05) is 91.0 Å². The van der Waals surface area contributed by atoms with Crippen LogP contribution in [0, 0.1) is 0 Å². The molecule has 1 saturated heterocycles. The Labute approximate surface area is 229 Å². The summed E-state index contributed by atoms with van der Waals surface area (Å²) in [5.74, 6) is -0.848. The Morgan fingerprint density at radius 1 is 0.718 bits per heavy atom. The van der Waals surface area contributed by atoms with Crippen molar-refractivity contribution in [3.8, 4) is 0 Å². The molecule has 206 valence electrons. The summed E-state index contributed by atoms with van der Waals surface area (Å²) in [6.45, 7) is 3.78. The van der Waals surface area contributed by atoms with E-state index in [9.17, 15) is 9.59 Å². The first-order valence-electron chi connectivity index (χ1n) is 13.0. The van der Waals surface area contributed by atoms with Gasteiger partial charge in [0.15, 0.2) is 0 Å². The standard InChI is InChI=1S/C31H35NO7/c1-22(33)32-28-30(37-20-26-16-10-5-11-17-26)29(36-19-25-14-8-4-9-15-25)27(39-31(28)38-23(2)34)21-35-18-24-12-6-3-7-13-24/h3-17,27-31H,18-21H2,1-2H3,(H,32,33)/t27-,28-,29-,30-,31+/m1/s1. The van der Waals surface area contributed by atoms with Gasteiger partial charge in [-0.3, -0.25) is 9.59 Å². The van der Waals surface area contributed by atoms with Gasteiger partial charge >= 0.3 is 5.97 Å². The fourth-order valence-corrected chi connectivity index (χ4v) is 4.49. The van der Waals surface area contributed by atoms with Gasteiger partial charge in [-0.15, -0.1) is 0 Å². The number of hydrogen-bond donors (Lipinski definition) is 1. The fraction of sp³-hybridized carbons (Fsp3) is 0.355. The van der Waals surface area contributed by atoms with E-state index in [-0.39, 0.29) is 19.1 Å². The molecule has 0 radical (unpaired) electrons. The molecule has 0 aliphatic carbocycles. The number of benzene rings is 3. The van der Waals surface area contributed by atoms with Crippen LogP contribution >= 0.6 is 0 Å². The highest BCUT2D eigenvalue weighted by molar-refractivity contribution is 5.73. The number of nitrogens with one attached hydrogen (secondary N) is 1. The number of carbonyl (C=O) groups is 2. The molecule has 0 saturated carbocycles. The van der Waals surface area contributed by atoms with Crippen LogP contribution < -0.4 is 5.32 Å². The van der Waals surface area contributed by atoms with Crippen molar-refractivity contribution in [3.63, 3.8) is 0 Å². The third-order valence-electron chi connectivity index (χ3n) is 6.26. The molecule has 0 spiro atoms. The zero-order valence-corrected chi connectivity index (χ0v) is 22.2. The van der Waals surface area contributed by atoms with E-state index in [4.69, 9.17) is 23.7 Å². The minimum absolute atomic E-state index is 0.157. The maximum atomic E-state index is 12.2. The van der Waals surface area contributed by atoms with Crippen molar-refractivity contribution in [2.75, 3.05) is 6.61 Å². The molecule has 1 fully saturated rings. The third-order valence-corrected chi connectivity index (χ3v) is 6.26. The van der Waals surface area contributed by atoms with Crippen molar-refractivity contribution in [2.45, 2.75) is 64.3 Å². The van der Waals surface area contributed by atoms with Crippen LogP contribution in [0.5, 0.6) is 0 Å². The molecular formula is C31H35NO7. The molecule has 1 heterocycles. The van der Waals surface area contributed by atoms with Crippen LogP contribution in [0.25, 0.3) is 0 Å². The maximum Gasteiger partial charge on any atom is 0.305 e. The minimum Gasteiger partial charge on any atom is -0.434 e. The van der Waals surface area contributed by atoms with E-state index in [0.29, 0.717) is 13.2 Å². The SMILES string of the molecule is CC(=O)N[C@H]1[C@@H](OC(C)=O)O[C@H](COCc2ccccc2)[C@@H](OCc2ccccc2)[C@@H]1OCc1ccccc1. The summed E-state index contributed by atoms with van der Waals surface area (Å²) < 4.78 is 30.7. The number of esters is 1. The van der Waals surface area contributed by atoms with E-state index in [0.717, 1.165) is 16.7 Å². The lowest BCUT2D eigenvalue weighted by Gasteiger charge is -2.45. The molecular weight excluding hydrogens is 498 g/mol. The van der Waals surface area contributed by atoms with Crippen molar-refractivity contribution in [1.29, 1.82) is 0 Å². The van der Waals surface area contributed by atoms with E-state index in [2.05, 4.69) is 5.32 Å². The summed E-state index contributed by atoms with van der Waals surface area (Å²) in [7, 11) is 0. The van der Waals surface area contributed by atoms with Gasteiger partial charge in [-0.2, -0.15) is 0 Å². The van der Waals surface area contributed by atoms with Crippen molar-refractivity contribution in [3.05, 3.63) is 108 Å². The predicted octanol–water partition coefficient (Wildman–Crippen LogP) is 4.17. The van der Waals surface area contributed by atoms with E-state index >= 15 is 0 Å². The predicted molar refractivity (Wildman–Crippen MR) is 144 cm³/mol. The Hall–Kier alpha value is -3.56. The molecule has 0 bridgehead atoms. The van der Waals surface area contributed by atoms with Gasteiger partial charge in [0, 0.05) is 13.8 Å². The van der Waals surface area contributed by atoms with Crippen molar-refractivity contribution < 1.29 is 33.3 Å². The van der Waals surface area contributed by atoms with Crippen LogP contribution in [0.2, 0.25) is 0 Å². The molecule has 0 aromatic heterocycles. The average Bonchev–Trinajstić information content (AvgIpc) is 2.94. The van der Waals surface area contributed by atoms with Crippen molar-refractivity contribution in [1.82, 2.24) is 5.32 Å². The lowest BCUT2D eigenvalue weighted by atomic mass is 9.95. The second kappa shape index (κ2) is 14.6. The minimum atomic E-state index is -1.09. The average molecular weight is 534 g/mol. The molecule has 0 unspecified atom stereocenters. The second-order valence-corrected chi connectivity index (χ2v) is 9.40. The molecule has 5 atom stereocenters. The lowest BCUT2D eigenvalue weighted by Crippen LogP contribution is -2.66. The molecule has 39 heavy (non-hydrogen) atoms. The Morgan fingerprint density at radius 2 is 1.21 bits per heavy atom.